The molecule has 5 rings (SSSR count). The summed E-state index contributed by atoms with van der Waals surface area (Å²) in [5.74, 6) is 0.732. The zero-order valence-corrected chi connectivity index (χ0v) is 20.8. The van der Waals surface area contributed by atoms with Crippen molar-refractivity contribution in [1.29, 1.82) is 0 Å². The number of piperazine rings is 1. The molecule has 190 valence electrons. The molecule has 0 amide bonds. The quantitative estimate of drug-likeness (QED) is 0.487. The average Bonchev–Trinajstić information content (AvgIpc) is 2.84. The zero-order valence-electron chi connectivity index (χ0n) is 20.0. The summed E-state index contributed by atoms with van der Waals surface area (Å²) in [7, 11) is 2.13. The number of anilines is 2. The summed E-state index contributed by atoms with van der Waals surface area (Å²) in [4.78, 5) is 8.63. The summed E-state index contributed by atoms with van der Waals surface area (Å²) < 4.78 is 52.3. The summed E-state index contributed by atoms with van der Waals surface area (Å²) in [6.07, 6.45) is -0.733. The van der Waals surface area contributed by atoms with Gasteiger partial charge in [0, 0.05) is 48.9 Å². The molecule has 3 aliphatic heterocycles. The number of nitrogens with zero attached hydrogens (tertiary/aromatic N) is 3. The predicted octanol–water partition coefficient (Wildman–Crippen LogP) is 5.85. The Morgan fingerprint density at radius 1 is 0.971 bits per heavy atom. The van der Waals surface area contributed by atoms with Crippen LogP contribution in [0.2, 0.25) is 0 Å². The van der Waals surface area contributed by atoms with Crippen molar-refractivity contribution < 1.29 is 22.6 Å². The van der Waals surface area contributed by atoms with Gasteiger partial charge in [-0.2, -0.15) is 13.2 Å². The normalized spacial score (nSPS) is 21.5. The lowest BCUT2D eigenvalue weighted by Crippen LogP contribution is -2.45. The Hall–Kier alpha value is -1.94. The largest absolute Gasteiger partial charge is 0.465 e. The van der Waals surface area contributed by atoms with Crippen LogP contribution in [0.1, 0.15) is 31.2 Å². The van der Waals surface area contributed by atoms with E-state index in [1.54, 1.807) is 6.07 Å². The third-order valence-corrected chi connectivity index (χ3v) is 7.99. The number of hydrogen-bond donors (Lipinski definition) is 0. The summed E-state index contributed by atoms with van der Waals surface area (Å²) in [5.41, 5.74) is 0.941. The molecule has 0 spiro atoms. The molecule has 0 N–H and O–H groups in total. The van der Waals surface area contributed by atoms with E-state index in [9.17, 15) is 13.2 Å². The minimum Gasteiger partial charge on any atom is -0.465 e. The van der Waals surface area contributed by atoms with Crippen LogP contribution in [0, 0.1) is 0 Å². The van der Waals surface area contributed by atoms with E-state index in [1.165, 1.54) is 23.9 Å². The molecule has 9 heteroatoms. The van der Waals surface area contributed by atoms with Gasteiger partial charge < -0.3 is 24.2 Å². The van der Waals surface area contributed by atoms with Crippen molar-refractivity contribution in [3.8, 4) is 5.75 Å². The maximum Gasteiger partial charge on any atom is 0.416 e. The van der Waals surface area contributed by atoms with E-state index in [0.717, 1.165) is 79.6 Å². The van der Waals surface area contributed by atoms with E-state index in [1.807, 2.05) is 23.1 Å². The second-order valence-corrected chi connectivity index (χ2v) is 10.6. The first-order chi connectivity index (χ1) is 16.9. The van der Waals surface area contributed by atoms with E-state index in [4.69, 9.17) is 9.47 Å². The molecule has 35 heavy (non-hydrogen) atoms. The fraction of sp³-hybridized carbons (Fsp3) is 0.538. The topological polar surface area (TPSA) is 28.2 Å². The molecule has 0 radical (unpaired) electrons. The molecular formula is C26H32F3N3O2S. The van der Waals surface area contributed by atoms with Gasteiger partial charge in [-0.3, -0.25) is 0 Å². The average molecular weight is 508 g/mol. The van der Waals surface area contributed by atoms with Crippen LogP contribution in [0.15, 0.2) is 46.2 Å². The van der Waals surface area contributed by atoms with Gasteiger partial charge in [-0.1, -0.05) is 11.8 Å². The minimum absolute atomic E-state index is 0.239. The van der Waals surface area contributed by atoms with Gasteiger partial charge in [-0.25, -0.2) is 0 Å². The summed E-state index contributed by atoms with van der Waals surface area (Å²) in [5, 5.41) is 0. The van der Waals surface area contributed by atoms with Crippen molar-refractivity contribution in [2.75, 3.05) is 57.8 Å². The van der Waals surface area contributed by atoms with Crippen LogP contribution >= 0.6 is 11.8 Å². The summed E-state index contributed by atoms with van der Waals surface area (Å²) >= 11 is 1.50. The Labute approximate surface area is 209 Å². The minimum atomic E-state index is -4.37. The molecule has 1 unspecified atom stereocenters. The van der Waals surface area contributed by atoms with Gasteiger partial charge in [0.05, 0.1) is 23.5 Å². The predicted molar refractivity (Wildman–Crippen MR) is 132 cm³/mol. The second kappa shape index (κ2) is 10.6. The van der Waals surface area contributed by atoms with Gasteiger partial charge in [0.1, 0.15) is 5.75 Å². The first-order valence-corrected chi connectivity index (χ1v) is 13.2. The Morgan fingerprint density at radius 2 is 1.80 bits per heavy atom. The van der Waals surface area contributed by atoms with Crippen molar-refractivity contribution in [3.05, 3.63) is 42.0 Å². The molecular weight excluding hydrogens is 475 g/mol. The molecule has 3 heterocycles. The van der Waals surface area contributed by atoms with Crippen LogP contribution in [-0.4, -0.2) is 69.0 Å². The lowest BCUT2D eigenvalue weighted by atomic mass is 10.1. The number of benzene rings is 2. The highest BCUT2D eigenvalue weighted by atomic mass is 32.2. The third-order valence-electron chi connectivity index (χ3n) is 6.88. The monoisotopic (exact) mass is 507 g/mol. The lowest BCUT2D eigenvalue weighted by molar-refractivity contribution is -0.137. The van der Waals surface area contributed by atoms with Crippen LogP contribution in [0.4, 0.5) is 24.5 Å². The first-order valence-electron chi connectivity index (χ1n) is 12.4. The summed E-state index contributed by atoms with van der Waals surface area (Å²) in [6, 6.07) is 9.93. The van der Waals surface area contributed by atoms with E-state index in [2.05, 4.69) is 16.8 Å². The highest BCUT2D eigenvalue weighted by molar-refractivity contribution is 7.99. The Morgan fingerprint density at radius 3 is 2.54 bits per heavy atom. The van der Waals surface area contributed by atoms with Crippen LogP contribution in [-0.2, 0) is 10.9 Å². The Bertz CT molecular complexity index is 1020. The van der Waals surface area contributed by atoms with Crippen molar-refractivity contribution in [2.45, 2.75) is 47.9 Å². The number of rotatable bonds is 6. The molecule has 1 atom stereocenters. The van der Waals surface area contributed by atoms with Crippen molar-refractivity contribution in [2.24, 2.45) is 0 Å². The maximum atomic E-state index is 13.5. The fourth-order valence-electron chi connectivity index (χ4n) is 4.83. The number of halogens is 3. The molecule has 5 nitrogen and oxygen atoms in total. The van der Waals surface area contributed by atoms with Crippen LogP contribution in [0.5, 0.6) is 5.75 Å². The maximum absolute atomic E-state index is 13.5. The highest BCUT2D eigenvalue weighted by Crippen LogP contribution is 2.50. The van der Waals surface area contributed by atoms with Crippen molar-refractivity contribution in [3.63, 3.8) is 0 Å². The zero-order chi connectivity index (χ0) is 24.4. The standard InChI is InChI=1S/C26H32F3N3O2S/c1-30-12-14-31(15-13-30)10-4-11-32-21-8-7-20(34-25-5-2-3-16-33-25)18-24(21)35-23-9-6-19(17-22(23)32)26(27,28)29/h6-9,17-18,25H,2-5,10-16H2,1H3. The molecule has 2 aromatic rings. The van der Waals surface area contributed by atoms with Gasteiger partial charge in [-0.05, 0) is 69.3 Å². The van der Waals surface area contributed by atoms with Crippen molar-refractivity contribution >= 4 is 23.1 Å². The Balaban J connectivity index is 1.37. The molecule has 2 fully saturated rings. The molecule has 0 aromatic heterocycles. The third kappa shape index (κ3) is 5.90. The van der Waals surface area contributed by atoms with Crippen LogP contribution in [0.3, 0.4) is 0 Å². The van der Waals surface area contributed by atoms with Crippen LogP contribution < -0.4 is 9.64 Å². The number of ether oxygens (including phenoxy) is 2. The van der Waals surface area contributed by atoms with Gasteiger partial charge in [0.15, 0.2) is 6.29 Å². The smallest absolute Gasteiger partial charge is 0.416 e. The number of likely N-dealkylation sites (N-methyl/N-ethyl adjacent to an activating group) is 1. The van der Waals surface area contributed by atoms with Crippen LogP contribution in [0.25, 0.3) is 0 Å². The van der Waals surface area contributed by atoms with Gasteiger partial charge in [-0.15, -0.1) is 0 Å². The second-order valence-electron chi connectivity index (χ2n) is 9.48. The van der Waals surface area contributed by atoms with E-state index in [-0.39, 0.29) is 6.29 Å². The fourth-order valence-corrected chi connectivity index (χ4v) is 5.94. The first kappa shape index (κ1) is 24.7. The molecule has 2 aromatic carbocycles. The van der Waals surface area contributed by atoms with Gasteiger partial charge in [0.2, 0.25) is 0 Å². The highest BCUT2D eigenvalue weighted by Gasteiger charge is 2.33. The van der Waals surface area contributed by atoms with E-state index < -0.39 is 11.7 Å². The summed E-state index contributed by atoms with van der Waals surface area (Å²) in [6.45, 7) is 6.45. The molecule has 0 aliphatic carbocycles. The number of alkyl halides is 3. The molecule has 3 aliphatic rings. The van der Waals surface area contributed by atoms with E-state index >= 15 is 0 Å². The van der Waals surface area contributed by atoms with Gasteiger partial charge >= 0.3 is 6.18 Å². The van der Waals surface area contributed by atoms with Crippen molar-refractivity contribution in [1.82, 2.24) is 9.80 Å². The number of hydrogen-bond acceptors (Lipinski definition) is 6. The SMILES string of the molecule is CN1CCN(CCCN2c3ccc(OC4CCCCO4)cc3Sc3ccc(C(F)(F)F)cc32)CC1. The molecule has 0 saturated carbocycles. The van der Waals surface area contributed by atoms with E-state index in [0.29, 0.717) is 18.8 Å². The molecule has 0 bridgehead atoms. The Kier molecular flexibility index (Phi) is 7.48. The number of fused-ring (bicyclic) bond motifs is 2. The lowest BCUT2D eigenvalue weighted by Gasteiger charge is -2.35. The van der Waals surface area contributed by atoms with Gasteiger partial charge in [0.25, 0.3) is 0 Å². The molecule has 2 saturated heterocycles.